The number of carbonyl (C=O) groups is 1. The second kappa shape index (κ2) is 7.98. The molecule has 0 heterocycles. The van der Waals surface area contributed by atoms with Crippen LogP contribution in [0.15, 0.2) is 24.3 Å². The summed E-state index contributed by atoms with van der Waals surface area (Å²) in [5.74, 6) is -0.804. The van der Waals surface area contributed by atoms with E-state index in [4.69, 9.17) is 16.7 Å². The third-order valence-corrected chi connectivity index (χ3v) is 3.08. The summed E-state index contributed by atoms with van der Waals surface area (Å²) in [7, 11) is 0. The number of anilines is 1. The van der Waals surface area contributed by atoms with Gasteiger partial charge in [0, 0.05) is 10.7 Å². The van der Waals surface area contributed by atoms with E-state index in [9.17, 15) is 4.79 Å². The van der Waals surface area contributed by atoms with Crippen molar-refractivity contribution in [1.82, 2.24) is 0 Å². The number of hydrogen-bond acceptors (Lipinski definition) is 2. The predicted molar refractivity (Wildman–Crippen MR) is 75.3 cm³/mol. The summed E-state index contributed by atoms with van der Waals surface area (Å²) in [6, 6.07) is 6.57. The van der Waals surface area contributed by atoms with E-state index < -0.39 is 12.0 Å². The van der Waals surface area contributed by atoms with Gasteiger partial charge in [0.05, 0.1) is 0 Å². The SMILES string of the molecule is CCCCCCC(Nc1ccc(Cl)cc1)C(=O)O. The lowest BCUT2D eigenvalue weighted by atomic mass is 10.1. The van der Waals surface area contributed by atoms with Crippen LogP contribution in [0.5, 0.6) is 0 Å². The van der Waals surface area contributed by atoms with Gasteiger partial charge >= 0.3 is 5.97 Å². The molecular formula is C14H20ClNO2. The van der Waals surface area contributed by atoms with Crippen LogP contribution in [0.25, 0.3) is 0 Å². The number of nitrogens with one attached hydrogen (secondary N) is 1. The molecule has 0 saturated heterocycles. The average molecular weight is 270 g/mol. The molecule has 0 fully saturated rings. The highest BCUT2D eigenvalue weighted by Crippen LogP contribution is 2.16. The first-order valence-corrected chi connectivity index (χ1v) is 6.76. The van der Waals surface area contributed by atoms with Gasteiger partial charge in [0.15, 0.2) is 0 Å². The summed E-state index contributed by atoms with van der Waals surface area (Å²) in [6.45, 7) is 2.14. The molecule has 0 aliphatic carbocycles. The molecule has 1 unspecified atom stereocenters. The lowest BCUT2D eigenvalue weighted by Gasteiger charge is -2.15. The summed E-state index contributed by atoms with van der Waals surface area (Å²) in [5.41, 5.74) is 0.794. The monoisotopic (exact) mass is 269 g/mol. The first kappa shape index (κ1) is 14.8. The van der Waals surface area contributed by atoms with Crippen molar-refractivity contribution < 1.29 is 9.90 Å². The highest BCUT2D eigenvalue weighted by Gasteiger charge is 2.16. The minimum atomic E-state index is -0.804. The molecule has 3 nitrogen and oxygen atoms in total. The van der Waals surface area contributed by atoms with Crippen molar-refractivity contribution in [2.24, 2.45) is 0 Å². The van der Waals surface area contributed by atoms with E-state index in [0.717, 1.165) is 31.4 Å². The van der Waals surface area contributed by atoms with E-state index in [1.165, 1.54) is 0 Å². The van der Waals surface area contributed by atoms with Gasteiger partial charge in [-0.2, -0.15) is 0 Å². The Morgan fingerprint density at radius 3 is 2.50 bits per heavy atom. The largest absolute Gasteiger partial charge is 0.480 e. The molecule has 0 aromatic heterocycles. The maximum absolute atomic E-state index is 11.1. The maximum Gasteiger partial charge on any atom is 0.326 e. The summed E-state index contributed by atoms with van der Waals surface area (Å²) in [5, 5.41) is 12.8. The molecule has 0 radical (unpaired) electrons. The fourth-order valence-electron chi connectivity index (χ4n) is 1.78. The molecule has 0 aliphatic rings. The van der Waals surface area contributed by atoms with Gasteiger partial charge in [-0.15, -0.1) is 0 Å². The Balaban J connectivity index is 2.47. The van der Waals surface area contributed by atoms with E-state index in [0.29, 0.717) is 11.4 Å². The van der Waals surface area contributed by atoms with Crippen molar-refractivity contribution in [3.63, 3.8) is 0 Å². The molecule has 0 spiro atoms. The fraction of sp³-hybridized carbons (Fsp3) is 0.500. The quantitative estimate of drug-likeness (QED) is 0.696. The number of rotatable bonds is 8. The Labute approximate surface area is 113 Å². The van der Waals surface area contributed by atoms with Crippen molar-refractivity contribution in [2.75, 3.05) is 5.32 Å². The number of carboxylic acid groups (broad SMARTS) is 1. The van der Waals surface area contributed by atoms with Gasteiger partial charge in [-0.1, -0.05) is 44.2 Å². The number of hydrogen-bond donors (Lipinski definition) is 2. The van der Waals surface area contributed by atoms with Crippen molar-refractivity contribution in [1.29, 1.82) is 0 Å². The lowest BCUT2D eigenvalue weighted by Crippen LogP contribution is -2.29. The fourth-order valence-corrected chi connectivity index (χ4v) is 1.91. The Bertz CT molecular complexity index is 365. The van der Waals surface area contributed by atoms with Gasteiger partial charge in [-0.3, -0.25) is 0 Å². The van der Waals surface area contributed by atoms with Crippen LogP contribution in [0.1, 0.15) is 39.0 Å². The van der Waals surface area contributed by atoms with Gasteiger partial charge in [0.2, 0.25) is 0 Å². The normalized spacial score (nSPS) is 12.1. The zero-order valence-electron chi connectivity index (χ0n) is 10.7. The smallest absolute Gasteiger partial charge is 0.326 e. The lowest BCUT2D eigenvalue weighted by molar-refractivity contribution is -0.138. The van der Waals surface area contributed by atoms with Crippen LogP contribution in [0.4, 0.5) is 5.69 Å². The first-order chi connectivity index (χ1) is 8.63. The topological polar surface area (TPSA) is 49.3 Å². The Hall–Kier alpha value is -1.22. The molecule has 0 aliphatic heterocycles. The average Bonchev–Trinajstić information content (AvgIpc) is 2.35. The molecule has 1 atom stereocenters. The van der Waals surface area contributed by atoms with Crippen LogP contribution in [-0.4, -0.2) is 17.1 Å². The predicted octanol–water partition coefficient (Wildman–Crippen LogP) is 4.18. The van der Waals surface area contributed by atoms with Crippen molar-refractivity contribution in [2.45, 2.75) is 45.1 Å². The number of carboxylic acids is 1. The van der Waals surface area contributed by atoms with E-state index >= 15 is 0 Å². The number of benzene rings is 1. The van der Waals surface area contributed by atoms with Crippen LogP contribution in [0.2, 0.25) is 5.02 Å². The van der Waals surface area contributed by atoms with Crippen LogP contribution < -0.4 is 5.32 Å². The Morgan fingerprint density at radius 1 is 1.28 bits per heavy atom. The molecule has 1 aromatic rings. The van der Waals surface area contributed by atoms with Crippen LogP contribution in [0, 0.1) is 0 Å². The molecule has 1 rings (SSSR count). The maximum atomic E-state index is 11.1. The summed E-state index contributed by atoms with van der Waals surface area (Å²) in [4.78, 5) is 11.1. The molecule has 0 bridgehead atoms. The van der Waals surface area contributed by atoms with Gasteiger partial charge in [-0.25, -0.2) is 4.79 Å². The van der Waals surface area contributed by atoms with Gasteiger partial charge < -0.3 is 10.4 Å². The second-order valence-corrected chi connectivity index (χ2v) is 4.83. The van der Waals surface area contributed by atoms with Crippen LogP contribution in [0.3, 0.4) is 0 Å². The second-order valence-electron chi connectivity index (χ2n) is 4.39. The third kappa shape index (κ3) is 5.41. The summed E-state index contributed by atoms with van der Waals surface area (Å²) < 4.78 is 0. The minimum absolute atomic E-state index is 0.525. The molecule has 18 heavy (non-hydrogen) atoms. The van der Waals surface area contributed by atoms with E-state index in [2.05, 4.69) is 12.2 Å². The first-order valence-electron chi connectivity index (χ1n) is 6.38. The van der Waals surface area contributed by atoms with Crippen LogP contribution in [-0.2, 0) is 4.79 Å². The Morgan fingerprint density at radius 2 is 1.94 bits per heavy atom. The number of aliphatic carboxylic acids is 1. The van der Waals surface area contributed by atoms with E-state index in [1.807, 2.05) is 0 Å². The third-order valence-electron chi connectivity index (χ3n) is 2.83. The zero-order valence-corrected chi connectivity index (χ0v) is 11.4. The number of unbranched alkanes of at least 4 members (excludes halogenated alkanes) is 3. The van der Waals surface area contributed by atoms with Crippen molar-refractivity contribution in [3.8, 4) is 0 Å². The molecule has 2 N–H and O–H groups in total. The highest BCUT2D eigenvalue weighted by molar-refractivity contribution is 6.30. The van der Waals surface area contributed by atoms with Gasteiger partial charge in [0.1, 0.15) is 6.04 Å². The summed E-state index contributed by atoms with van der Waals surface area (Å²) >= 11 is 5.79. The molecule has 1 aromatic carbocycles. The molecule has 4 heteroatoms. The highest BCUT2D eigenvalue weighted by atomic mass is 35.5. The molecule has 100 valence electrons. The Kier molecular flexibility index (Phi) is 6.58. The van der Waals surface area contributed by atoms with Crippen molar-refractivity contribution >= 4 is 23.3 Å². The van der Waals surface area contributed by atoms with Crippen LogP contribution >= 0.6 is 11.6 Å². The molecule has 0 amide bonds. The minimum Gasteiger partial charge on any atom is -0.480 e. The van der Waals surface area contributed by atoms with Crippen molar-refractivity contribution in [3.05, 3.63) is 29.3 Å². The van der Waals surface area contributed by atoms with Gasteiger partial charge in [0.25, 0.3) is 0 Å². The van der Waals surface area contributed by atoms with Gasteiger partial charge in [-0.05, 0) is 30.7 Å². The van der Waals surface area contributed by atoms with E-state index in [1.54, 1.807) is 24.3 Å². The molecule has 0 saturated carbocycles. The molecular weight excluding hydrogens is 250 g/mol. The standard InChI is InChI=1S/C14H20ClNO2/c1-2-3-4-5-6-13(14(17)18)16-12-9-7-11(15)8-10-12/h7-10,13,16H,2-6H2,1H3,(H,17,18). The number of halogens is 1. The zero-order chi connectivity index (χ0) is 13.4. The van der Waals surface area contributed by atoms with E-state index in [-0.39, 0.29) is 0 Å². The summed E-state index contributed by atoms with van der Waals surface area (Å²) in [6.07, 6.45) is 4.99.